The molecule has 6 rings (SSSR count). The van der Waals surface area contributed by atoms with Gasteiger partial charge in [-0.15, -0.1) is 0 Å². The van der Waals surface area contributed by atoms with E-state index in [0.29, 0.717) is 25.6 Å². The second kappa shape index (κ2) is 9.10. The maximum Gasteiger partial charge on any atom is 0.320 e. The maximum atomic E-state index is 13.6. The lowest BCUT2D eigenvalue weighted by atomic mass is 9.91. The van der Waals surface area contributed by atoms with Crippen molar-refractivity contribution in [3.63, 3.8) is 0 Å². The molecule has 4 aromatic rings. The molecular weight excluding hydrogens is 436 g/mol. The number of benzene rings is 3. The number of carbonyl (C=O) groups excluding carboxylic acids is 1. The second-order valence-electron chi connectivity index (χ2n) is 9.63. The summed E-state index contributed by atoms with van der Waals surface area (Å²) in [6.07, 6.45) is 2.16. The first kappa shape index (κ1) is 21.7. The molecule has 2 amide bonds. The van der Waals surface area contributed by atoms with Crippen molar-refractivity contribution in [1.82, 2.24) is 19.8 Å². The first-order valence-corrected chi connectivity index (χ1v) is 12.5. The Morgan fingerprint density at radius 3 is 2.71 bits per heavy atom. The van der Waals surface area contributed by atoms with Crippen molar-refractivity contribution in [2.45, 2.75) is 32.2 Å². The highest BCUT2D eigenvalue weighted by atomic mass is 16.5. The number of carbonyl (C=O) groups is 1. The zero-order valence-corrected chi connectivity index (χ0v) is 20.0. The summed E-state index contributed by atoms with van der Waals surface area (Å²) in [4.78, 5) is 25.4. The third-order valence-electron chi connectivity index (χ3n) is 7.21. The van der Waals surface area contributed by atoms with Crippen molar-refractivity contribution >= 4 is 17.1 Å². The van der Waals surface area contributed by atoms with Crippen molar-refractivity contribution in [2.24, 2.45) is 0 Å². The highest BCUT2D eigenvalue weighted by molar-refractivity contribution is 5.82. The molecular formula is C29H30N4O2. The number of rotatable bonds is 2. The van der Waals surface area contributed by atoms with E-state index < -0.39 is 0 Å². The molecule has 0 bridgehead atoms. The highest BCUT2D eigenvalue weighted by Gasteiger charge is 2.29. The number of ether oxygens (including phenoxy) is 1. The number of fused-ring (bicyclic) bond motifs is 2. The van der Waals surface area contributed by atoms with Gasteiger partial charge in [-0.1, -0.05) is 42.5 Å². The predicted octanol–water partition coefficient (Wildman–Crippen LogP) is 5.73. The summed E-state index contributed by atoms with van der Waals surface area (Å²) < 4.78 is 6.04. The molecule has 6 nitrogen and oxygen atoms in total. The van der Waals surface area contributed by atoms with Gasteiger partial charge in [0.2, 0.25) is 0 Å². The summed E-state index contributed by atoms with van der Waals surface area (Å²) in [5.74, 6) is 2.18. The van der Waals surface area contributed by atoms with E-state index in [2.05, 4.69) is 58.5 Å². The lowest BCUT2D eigenvalue weighted by Gasteiger charge is -2.36. The summed E-state index contributed by atoms with van der Waals surface area (Å²) in [6.45, 7) is 5.21. The van der Waals surface area contributed by atoms with E-state index in [9.17, 15) is 4.79 Å². The third kappa shape index (κ3) is 4.36. The van der Waals surface area contributed by atoms with Crippen LogP contribution in [-0.2, 0) is 6.54 Å². The molecule has 3 heterocycles. The molecule has 2 aliphatic rings. The zero-order chi connectivity index (χ0) is 23.8. The number of aromatic amines is 1. The minimum absolute atomic E-state index is 0.113. The van der Waals surface area contributed by atoms with Gasteiger partial charge in [0.15, 0.2) is 0 Å². The van der Waals surface area contributed by atoms with E-state index in [1.807, 2.05) is 34.9 Å². The van der Waals surface area contributed by atoms with Crippen molar-refractivity contribution < 1.29 is 9.53 Å². The topological polar surface area (TPSA) is 61.5 Å². The van der Waals surface area contributed by atoms with Crippen LogP contribution in [0.3, 0.4) is 0 Å². The van der Waals surface area contributed by atoms with Crippen LogP contribution in [0.4, 0.5) is 4.79 Å². The van der Waals surface area contributed by atoms with Gasteiger partial charge in [-0.25, -0.2) is 9.78 Å². The number of imidazole rings is 1. The number of nitrogens with one attached hydrogen (secondary N) is 1. The van der Waals surface area contributed by atoms with E-state index >= 15 is 0 Å². The van der Waals surface area contributed by atoms with Crippen molar-refractivity contribution in [1.29, 1.82) is 0 Å². The minimum Gasteiger partial charge on any atom is -0.491 e. The molecule has 0 aliphatic carbocycles. The number of piperidine rings is 1. The average Bonchev–Trinajstić information content (AvgIpc) is 3.14. The lowest BCUT2D eigenvalue weighted by Crippen LogP contribution is -2.47. The van der Waals surface area contributed by atoms with Gasteiger partial charge in [0.05, 0.1) is 24.1 Å². The van der Waals surface area contributed by atoms with Gasteiger partial charge in [-0.3, -0.25) is 0 Å². The molecule has 1 unspecified atom stereocenters. The van der Waals surface area contributed by atoms with Crippen LogP contribution < -0.4 is 4.74 Å². The smallest absolute Gasteiger partial charge is 0.320 e. The molecule has 3 aromatic carbocycles. The van der Waals surface area contributed by atoms with Crippen LogP contribution in [0.2, 0.25) is 0 Å². The number of urea groups is 1. The number of aryl methyl sites for hydroxylation is 1. The molecule has 35 heavy (non-hydrogen) atoms. The van der Waals surface area contributed by atoms with Crippen LogP contribution in [0.1, 0.15) is 35.7 Å². The number of nitrogens with zero attached hydrogens (tertiary/aromatic N) is 3. The van der Waals surface area contributed by atoms with E-state index in [-0.39, 0.29) is 6.03 Å². The van der Waals surface area contributed by atoms with E-state index in [1.165, 1.54) is 5.56 Å². The molecule has 178 valence electrons. The lowest BCUT2D eigenvalue weighted by molar-refractivity contribution is 0.132. The summed E-state index contributed by atoms with van der Waals surface area (Å²) in [6, 6.07) is 23.3. The van der Waals surface area contributed by atoms with Crippen LogP contribution in [0.5, 0.6) is 5.75 Å². The highest BCUT2D eigenvalue weighted by Crippen LogP contribution is 2.32. The number of likely N-dealkylation sites (tertiary alicyclic amines) is 1. The van der Waals surface area contributed by atoms with E-state index in [4.69, 9.17) is 4.74 Å². The molecule has 1 saturated heterocycles. The molecule has 0 spiro atoms. The van der Waals surface area contributed by atoms with Crippen LogP contribution >= 0.6 is 0 Å². The Hall–Kier alpha value is -3.80. The number of H-pyrrole nitrogens is 1. The fourth-order valence-electron chi connectivity index (χ4n) is 5.40. The van der Waals surface area contributed by atoms with Gasteiger partial charge >= 0.3 is 6.03 Å². The molecule has 2 aliphatic heterocycles. The van der Waals surface area contributed by atoms with Crippen LogP contribution in [0.25, 0.3) is 22.2 Å². The Labute approximate surface area is 205 Å². The normalized spacial score (nSPS) is 18.1. The number of hydrogen-bond acceptors (Lipinski definition) is 3. The van der Waals surface area contributed by atoms with E-state index in [1.54, 1.807) is 0 Å². The molecule has 6 heteroatoms. The summed E-state index contributed by atoms with van der Waals surface area (Å²) in [5.41, 5.74) is 6.60. The molecule has 1 aromatic heterocycles. The number of aromatic nitrogens is 2. The fourth-order valence-corrected chi connectivity index (χ4v) is 5.40. The Bertz CT molecular complexity index is 1360. The third-order valence-corrected chi connectivity index (χ3v) is 7.21. The Morgan fingerprint density at radius 2 is 1.83 bits per heavy atom. The molecule has 1 fully saturated rings. The average molecular weight is 467 g/mol. The molecule has 1 atom stereocenters. The standard InChI is InChI=1S/C29H30N4O2/c1-20-30-26-11-9-23(17-27(26)31-20)22-10-12-28-25(16-22)19-33(14-15-35-28)29(34)32-13-5-8-24(18-32)21-6-3-2-4-7-21/h2-4,6-7,9-12,16-17,24H,5,8,13-15,18-19H2,1H3,(H,30,31). The summed E-state index contributed by atoms with van der Waals surface area (Å²) in [7, 11) is 0. The zero-order valence-electron chi connectivity index (χ0n) is 20.0. The van der Waals surface area contributed by atoms with Gasteiger partial charge in [-0.05, 0) is 60.7 Å². The molecule has 1 N–H and O–H groups in total. The van der Waals surface area contributed by atoms with Gasteiger partial charge < -0.3 is 19.5 Å². The van der Waals surface area contributed by atoms with Crippen LogP contribution in [0, 0.1) is 6.92 Å². The van der Waals surface area contributed by atoms with Crippen molar-refractivity contribution in [3.05, 3.63) is 83.7 Å². The summed E-state index contributed by atoms with van der Waals surface area (Å²) in [5, 5.41) is 0. The van der Waals surface area contributed by atoms with Crippen LogP contribution in [-0.4, -0.2) is 52.0 Å². The molecule has 0 radical (unpaired) electrons. The molecule has 0 saturated carbocycles. The first-order chi connectivity index (χ1) is 17.1. The Balaban J connectivity index is 1.22. The minimum atomic E-state index is 0.113. The van der Waals surface area contributed by atoms with Gasteiger partial charge in [0.25, 0.3) is 0 Å². The second-order valence-corrected chi connectivity index (χ2v) is 9.63. The largest absolute Gasteiger partial charge is 0.491 e. The van der Waals surface area contributed by atoms with Gasteiger partial charge in [0.1, 0.15) is 18.2 Å². The Kier molecular flexibility index (Phi) is 5.64. The maximum absolute atomic E-state index is 13.6. The predicted molar refractivity (Wildman–Crippen MR) is 138 cm³/mol. The van der Waals surface area contributed by atoms with Crippen molar-refractivity contribution in [2.75, 3.05) is 26.2 Å². The first-order valence-electron chi connectivity index (χ1n) is 12.5. The summed E-state index contributed by atoms with van der Waals surface area (Å²) >= 11 is 0. The van der Waals surface area contributed by atoms with Gasteiger partial charge in [0, 0.05) is 24.6 Å². The SMILES string of the molecule is Cc1nc2ccc(-c3ccc4c(c3)CN(C(=O)N3CCCC(c5ccccc5)C3)CCO4)cc2[nH]1. The number of hydrogen-bond donors (Lipinski definition) is 1. The fraction of sp³-hybridized carbons (Fsp3) is 0.310. The van der Waals surface area contributed by atoms with Crippen molar-refractivity contribution in [3.8, 4) is 16.9 Å². The number of amides is 2. The monoisotopic (exact) mass is 466 g/mol. The Morgan fingerprint density at radius 1 is 1.00 bits per heavy atom. The van der Waals surface area contributed by atoms with Gasteiger partial charge in [-0.2, -0.15) is 0 Å². The van der Waals surface area contributed by atoms with Crippen LogP contribution in [0.15, 0.2) is 66.7 Å². The van der Waals surface area contributed by atoms with E-state index in [0.717, 1.165) is 65.2 Å². The quantitative estimate of drug-likeness (QED) is 0.410.